The molecule has 0 unspecified atom stereocenters. The van der Waals surface area contributed by atoms with Gasteiger partial charge in [-0.25, -0.2) is 14.8 Å². The highest BCUT2D eigenvalue weighted by molar-refractivity contribution is 5.96. The van der Waals surface area contributed by atoms with Gasteiger partial charge in [-0.15, -0.1) is 0 Å². The fourth-order valence-corrected chi connectivity index (χ4v) is 3.72. The molecule has 2 aliphatic heterocycles. The molecule has 7 nitrogen and oxygen atoms in total. The van der Waals surface area contributed by atoms with Crippen LogP contribution in [0.4, 0.5) is 0 Å². The Bertz CT molecular complexity index is 775. The molecule has 1 N–H and O–H groups in total. The predicted molar refractivity (Wildman–Crippen MR) is 90.1 cm³/mol. The maximum absolute atomic E-state index is 11.9. The van der Waals surface area contributed by atoms with Crippen LogP contribution in [0.15, 0.2) is 24.9 Å². The summed E-state index contributed by atoms with van der Waals surface area (Å²) in [4.78, 5) is 26.7. The van der Waals surface area contributed by atoms with Crippen LogP contribution < -0.4 is 0 Å². The second-order valence-electron chi connectivity index (χ2n) is 6.63. The van der Waals surface area contributed by atoms with Gasteiger partial charge < -0.3 is 9.84 Å². The van der Waals surface area contributed by atoms with Gasteiger partial charge >= 0.3 is 5.97 Å². The molecule has 1 atom stereocenters. The molecule has 4 rings (SSSR count). The van der Waals surface area contributed by atoms with E-state index in [4.69, 9.17) is 4.74 Å². The quantitative estimate of drug-likeness (QED) is 0.905. The number of carboxylic acids is 1. The SMILES string of the molecule is O=C(O)c1c(-c2cncnc2)ncc2c1CCN(C[C@H]1CCOC1)C2. The zero-order chi connectivity index (χ0) is 17.2. The van der Waals surface area contributed by atoms with E-state index in [1.807, 2.05) is 0 Å². The minimum Gasteiger partial charge on any atom is -0.478 e. The number of ether oxygens (including phenoxy) is 1. The lowest BCUT2D eigenvalue weighted by Gasteiger charge is -2.31. The van der Waals surface area contributed by atoms with Gasteiger partial charge in [0.05, 0.1) is 17.9 Å². The van der Waals surface area contributed by atoms with Gasteiger partial charge in [-0.2, -0.15) is 0 Å². The lowest BCUT2D eigenvalue weighted by Crippen LogP contribution is -2.35. The Morgan fingerprint density at radius 1 is 1.32 bits per heavy atom. The first-order valence-electron chi connectivity index (χ1n) is 8.52. The van der Waals surface area contributed by atoms with Crippen LogP contribution >= 0.6 is 0 Å². The number of aromatic carboxylic acids is 1. The highest BCUT2D eigenvalue weighted by Gasteiger charge is 2.27. The smallest absolute Gasteiger partial charge is 0.338 e. The molecule has 4 heterocycles. The third kappa shape index (κ3) is 3.25. The molecule has 0 spiro atoms. The first-order valence-corrected chi connectivity index (χ1v) is 8.52. The molecule has 2 aromatic heterocycles. The summed E-state index contributed by atoms with van der Waals surface area (Å²) >= 11 is 0. The largest absolute Gasteiger partial charge is 0.478 e. The maximum Gasteiger partial charge on any atom is 0.338 e. The number of aromatic nitrogens is 3. The van der Waals surface area contributed by atoms with Crippen molar-refractivity contribution in [1.82, 2.24) is 19.9 Å². The molecule has 0 aliphatic carbocycles. The fourth-order valence-electron chi connectivity index (χ4n) is 3.72. The molecule has 0 bridgehead atoms. The number of hydrogen-bond donors (Lipinski definition) is 1. The van der Waals surface area contributed by atoms with Gasteiger partial charge in [-0.05, 0) is 29.9 Å². The second-order valence-corrected chi connectivity index (χ2v) is 6.63. The summed E-state index contributed by atoms with van der Waals surface area (Å²) in [6.07, 6.45) is 8.25. The molecule has 1 fully saturated rings. The minimum absolute atomic E-state index is 0.288. The molecular formula is C18H20N4O3. The van der Waals surface area contributed by atoms with Crippen molar-refractivity contribution in [1.29, 1.82) is 0 Å². The number of fused-ring (bicyclic) bond motifs is 1. The Labute approximate surface area is 145 Å². The van der Waals surface area contributed by atoms with Crippen LogP contribution in [0, 0.1) is 5.92 Å². The zero-order valence-electron chi connectivity index (χ0n) is 13.9. The Hall–Kier alpha value is -2.38. The average molecular weight is 340 g/mol. The minimum atomic E-state index is -0.944. The number of carboxylic acid groups (broad SMARTS) is 1. The van der Waals surface area contributed by atoms with Crippen LogP contribution in [0.2, 0.25) is 0 Å². The number of pyridine rings is 1. The van der Waals surface area contributed by atoms with Crippen LogP contribution in [0.25, 0.3) is 11.3 Å². The van der Waals surface area contributed by atoms with Crippen molar-refractivity contribution in [2.45, 2.75) is 19.4 Å². The van der Waals surface area contributed by atoms with E-state index in [0.29, 0.717) is 23.6 Å². The monoisotopic (exact) mass is 340 g/mol. The predicted octanol–water partition coefficient (Wildman–Crippen LogP) is 1.63. The molecule has 0 aromatic carbocycles. The van der Waals surface area contributed by atoms with Crippen molar-refractivity contribution in [3.05, 3.63) is 41.6 Å². The lowest BCUT2D eigenvalue weighted by molar-refractivity contribution is 0.0695. The van der Waals surface area contributed by atoms with E-state index in [-0.39, 0.29) is 5.56 Å². The molecule has 0 radical (unpaired) electrons. The fraction of sp³-hybridized carbons (Fsp3) is 0.444. The molecule has 1 saturated heterocycles. The van der Waals surface area contributed by atoms with Gasteiger partial charge in [0.1, 0.15) is 6.33 Å². The van der Waals surface area contributed by atoms with Crippen molar-refractivity contribution in [3.8, 4) is 11.3 Å². The van der Waals surface area contributed by atoms with Gasteiger partial charge in [0.25, 0.3) is 0 Å². The van der Waals surface area contributed by atoms with Gasteiger partial charge in [-0.1, -0.05) is 0 Å². The normalized spacial score (nSPS) is 20.4. The summed E-state index contributed by atoms with van der Waals surface area (Å²) in [6.45, 7) is 4.27. The first kappa shape index (κ1) is 16.1. The summed E-state index contributed by atoms with van der Waals surface area (Å²) in [5.74, 6) is -0.366. The van der Waals surface area contributed by atoms with E-state index in [0.717, 1.165) is 50.4 Å². The van der Waals surface area contributed by atoms with E-state index in [9.17, 15) is 9.90 Å². The van der Waals surface area contributed by atoms with Gasteiger partial charge in [0.15, 0.2) is 0 Å². The first-order chi connectivity index (χ1) is 12.2. The van der Waals surface area contributed by atoms with Crippen molar-refractivity contribution in [2.75, 3.05) is 26.3 Å². The number of rotatable bonds is 4. The van der Waals surface area contributed by atoms with E-state index in [1.54, 1.807) is 18.6 Å². The maximum atomic E-state index is 11.9. The van der Waals surface area contributed by atoms with Crippen LogP contribution in [0.5, 0.6) is 0 Å². The van der Waals surface area contributed by atoms with E-state index >= 15 is 0 Å². The Kier molecular flexibility index (Phi) is 4.42. The molecular weight excluding hydrogens is 320 g/mol. The van der Waals surface area contributed by atoms with Crippen LogP contribution in [-0.4, -0.2) is 57.2 Å². The van der Waals surface area contributed by atoms with Crippen molar-refractivity contribution in [2.24, 2.45) is 5.92 Å². The summed E-state index contributed by atoms with van der Waals surface area (Å²) in [5, 5.41) is 9.77. The Morgan fingerprint density at radius 2 is 2.16 bits per heavy atom. The molecule has 0 amide bonds. The van der Waals surface area contributed by atoms with Crippen LogP contribution in [0.1, 0.15) is 27.9 Å². The number of hydrogen-bond acceptors (Lipinski definition) is 6. The van der Waals surface area contributed by atoms with Gasteiger partial charge in [0.2, 0.25) is 0 Å². The van der Waals surface area contributed by atoms with Crippen LogP contribution in [0.3, 0.4) is 0 Å². The molecule has 2 aliphatic rings. The summed E-state index contributed by atoms with van der Waals surface area (Å²) in [5.41, 5.74) is 3.26. The summed E-state index contributed by atoms with van der Waals surface area (Å²) in [7, 11) is 0. The molecule has 7 heteroatoms. The van der Waals surface area contributed by atoms with E-state index in [1.165, 1.54) is 6.33 Å². The second kappa shape index (κ2) is 6.85. The zero-order valence-corrected chi connectivity index (χ0v) is 13.9. The highest BCUT2D eigenvalue weighted by atomic mass is 16.5. The van der Waals surface area contributed by atoms with Gasteiger partial charge in [0, 0.05) is 50.4 Å². The lowest BCUT2D eigenvalue weighted by atomic mass is 9.92. The molecule has 25 heavy (non-hydrogen) atoms. The van der Waals surface area contributed by atoms with E-state index in [2.05, 4.69) is 19.9 Å². The topological polar surface area (TPSA) is 88.4 Å². The summed E-state index contributed by atoms with van der Waals surface area (Å²) in [6, 6.07) is 0. The third-order valence-corrected chi connectivity index (χ3v) is 4.94. The van der Waals surface area contributed by atoms with Crippen LogP contribution in [-0.2, 0) is 17.7 Å². The van der Waals surface area contributed by atoms with Crippen molar-refractivity contribution < 1.29 is 14.6 Å². The number of carbonyl (C=O) groups is 1. The Balaban J connectivity index is 1.64. The van der Waals surface area contributed by atoms with Crippen molar-refractivity contribution >= 4 is 5.97 Å². The number of nitrogens with zero attached hydrogens (tertiary/aromatic N) is 4. The molecule has 130 valence electrons. The summed E-state index contributed by atoms with van der Waals surface area (Å²) < 4.78 is 5.45. The molecule has 2 aromatic rings. The van der Waals surface area contributed by atoms with Gasteiger partial charge in [-0.3, -0.25) is 9.88 Å². The highest BCUT2D eigenvalue weighted by Crippen LogP contribution is 2.30. The average Bonchev–Trinajstić information content (AvgIpc) is 3.14. The Morgan fingerprint density at radius 3 is 2.88 bits per heavy atom. The van der Waals surface area contributed by atoms with Crippen molar-refractivity contribution in [3.63, 3.8) is 0 Å². The third-order valence-electron chi connectivity index (χ3n) is 4.94. The van der Waals surface area contributed by atoms with E-state index < -0.39 is 5.97 Å². The molecule has 0 saturated carbocycles. The standard InChI is InChI=1S/C18H20N4O3/c23-18(24)16-15-1-3-22(8-12-2-4-25-10-12)9-14(15)7-21-17(16)13-5-19-11-20-6-13/h5-7,11-12H,1-4,8-10H2,(H,23,24)/t12-/m1/s1.